The first-order chi connectivity index (χ1) is 17.7. The number of amides is 3. The number of likely N-dealkylation sites (N-methyl/N-ethyl adjacent to an activating group) is 1. The molecule has 1 aliphatic heterocycles. The molecule has 0 saturated carbocycles. The summed E-state index contributed by atoms with van der Waals surface area (Å²) in [6, 6.07) is 19.4. The average Bonchev–Trinajstić information content (AvgIpc) is 3.08. The van der Waals surface area contributed by atoms with Crippen molar-refractivity contribution in [2.75, 3.05) is 13.1 Å². The van der Waals surface area contributed by atoms with Crippen molar-refractivity contribution >= 4 is 27.7 Å². The van der Waals surface area contributed by atoms with Gasteiger partial charge in [-0.15, -0.1) is 0 Å². The number of hydrogen-bond donors (Lipinski definition) is 1. The summed E-state index contributed by atoms with van der Waals surface area (Å²) >= 11 is 0. The molecule has 3 amide bonds. The van der Waals surface area contributed by atoms with E-state index in [0.29, 0.717) is 10.8 Å². The molecular weight excluding hydrogens is 497 g/mol. The Hall–Kier alpha value is -4.05. The Bertz CT molecular complexity index is 1430. The lowest BCUT2D eigenvalue weighted by atomic mass is 10.0. The van der Waals surface area contributed by atoms with Gasteiger partial charge in [0.2, 0.25) is 11.8 Å². The van der Waals surface area contributed by atoms with Crippen LogP contribution in [-0.4, -0.2) is 54.5 Å². The molecule has 0 radical (unpaired) electrons. The van der Waals surface area contributed by atoms with Gasteiger partial charge >= 0.3 is 0 Å². The van der Waals surface area contributed by atoms with Crippen LogP contribution in [0.2, 0.25) is 0 Å². The Kier molecular flexibility index (Phi) is 7.68. The fraction of sp³-hybridized carbons (Fsp3) is 0.222. The molecule has 4 rings (SSSR count). The summed E-state index contributed by atoms with van der Waals surface area (Å²) in [4.78, 5) is 40.8. The lowest BCUT2D eigenvalue weighted by molar-refractivity contribution is -0.141. The van der Waals surface area contributed by atoms with Crippen molar-refractivity contribution in [3.63, 3.8) is 0 Å². The molecule has 0 spiro atoms. The fourth-order valence-electron chi connectivity index (χ4n) is 4.26. The van der Waals surface area contributed by atoms with Gasteiger partial charge in [0.05, 0.1) is 5.56 Å². The zero-order valence-corrected chi connectivity index (χ0v) is 20.9. The van der Waals surface area contributed by atoms with Crippen LogP contribution >= 0.6 is 0 Å². The van der Waals surface area contributed by atoms with E-state index in [1.54, 1.807) is 37.3 Å². The lowest BCUT2D eigenvalue weighted by Gasteiger charge is -2.32. The second-order valence-corrected chi connectivity index (χ2v) is 10.4. The number of halogens is 1. The topological polar surface area (TPSA) is 104 Å². The predicted molar refractivity (Wildman–Crippen MR) is 134 cm³/mol. The molecular formula is C27H26FN3O5S. The minimum absolute atomic E-state index is 0.0273. The van der Waals surface area contributed by atoms with Gasteiger partial charge in [0.15, 0.2) is 0 Å². The van der Waals surface area contributed by atoms with Gasteiger partial charge in [-0.25, -0.2) is 17.1 Å². The standard InChI is InChI=1S/C27H26FN3O5S/c1-2-29-26(33)23(16-19-10-4-3-5-11-19)30(17-20-12-6-8-14-22(20)28)25(32)18-31-27(34)21-13-7-9-15-24(21)37(31,35)36/h3-15,23H,2,16-18H2,1H3,(H,29,33)/t23-/m1/s1. The fourth-order valence-corrected chi connectivity index (χ4v) is 5.78. The summed E-state index contributed by atoms with van der Waals surface area (Å²) in [5, 5.41) is 2.71. The number of sulfonamides is 1. The summed E-state index contributed by atoms with van der Waals surface area (Å²) in [6.07, 6.45) is 0.105. The Balaban J connectivity index is 1.71. The lowest BCUT2D eigenvalue weighted by Crippen LogP contribution is -2.53. The van der Waals surface area contributed by atoms with Gasteiger partial charge in [0.1, 0.15) is 23.3 Å². The van der Waals surface area contributed by atoms with E-state index in [1.807, 2.05) is 6.07 Å². The number of hydrogen-bond acceptors (Lipinski definition) is 5. The van der Waals surface area contributed by atoms with Crippen LogP contribution < -0.4 is 5.32 Å². The van der Waals surface area contributed by atoms with E-state index < -0.39 is 46.1 Å². The van der Waals surface area contributed by atoms with Crippen LogP contribution in [0.4, 0.5) is 4.39 Å². The van der Waals surface area contributed by atoms with Gasteiger partial charge in [-0.2, -0.15) is 0 Å². The zero-order chi connectivity index (χ0) is 26.6. The highest BCUT2D eigenvalue weighted by molar-refractivity contribution is 7.90. The highest BCUT2D eigenvalue weighted by Crippen LogP contribution is 2.30. The van der Waals surface area contributed by atoms with Crippen LogP contribution in [0.25, 0.3) is 0 Å². The third-order valence-corrected chi connectivity index (χ3v) is 7.90. The van der Waals surface area contributed by atoms with Crippen LogP contribution in [0.3, 0.4) is 0 Å². The van der Waals surface area contributed by atoms with Crippen LogP contribution in [0.5, 0.6) is 0 Å². The van der Waals surface area contributed by atoms with E-state index in [-0.39, 0.29) is 29.0 Å². The van der Waals surface area contributed by atoms with Crippen molar-refractivity contribution in [1.29, 1.82) is 0 Å². The quantitative estimate of drug-likeness (QED) is 0.465. The van der Waals surface area contributed by atoms with E-state index in [1.165, 1.54) is 42.5 Å². The number of carbonyl (C=O) groups excluding carboxylic acids is 3. The van der Waals surface area contributed by atoms with Crippen LogP contribution in [-0.2, 0) is 32.6 Å². The minimum Gasteiger partial charge on any atom is -0.355 e. The van der Waals surface area contributed by atoms with E-state index in [0.717, 1.165) is 10.5 Å². The Morgan fingerprint density at radius 2 is 1.62 bits per heavy atom. The molecule has 8 nitrogen and oxygen atoms in total. The highest BCUT2D eigenvalue weighted by atomic mass is 32.2. The summed E-state index contributed by atoms with van der Waals surface area (Å²) in [7, 11) is -4.26. The second-order valence-electron chi connectivity index (χ2n) is 8.53. The van der Waals surface area contributed by atoms with E-state index in [4.69, 9.17) is 0 Å². The smallest absolute Gasteiger partial charge is 0.269 e. The molecule has 192 valence electrons. The third kappa shape index (κ3) is 5.39. The molecule has 0 saturated heterocycles. The zero-order valence-electron chi connectivity index (χ0n) is 20.1. The van der Waals surface area contributed by atoms with Gasteiger partial charge in [-0.3, -0.25) is 14.4 Å². The van der Waals surface area contributed by atoms with E-state index >= 15 is 0 Å². The monoisotopic (exact) mass is 523 g/mol. The molecule has 37 heavy (non-hydrogen) atoms. The van der Waals surface area contributed by atoms with Crippen LogP contribution in [0.15, 0.2) is 83.8 Å². The molecule has 10 heteroatoms. The molecule has 0 fully saturated rings. The summed E-state index contributed by atoms with van der Waals surface area (Å²) in [6.45, 7) is 0.900. The maximum absolute atomic E-state index is 14.6. The largest absolute Gasteiger partial charge is 0.355 e. The molecule has 1 heterocycles. The van der Waals surface area contributed by atoms with E-state index in [2.05, 4.69) is 5.32 Å². The van der Waals surface area contributed by atoms with E-state index in [9.17, 15) is 27.2 Å². The number of benzene rings is 3. The summed E-state index contributed by atoms with van der Waals surface area (Å²) in [5.41, 5.74) is 0.875. The Morgan fingerprint density at radius 3 is 2.30 bits per heavy atom. The van der Waals surface area contributed by atoms with Crippen LogP contribution in [0, 0.1) is 5.82 Å². The van der Waals surface area contributed by atoms with Crippen molar-refractivity contribution in [3.05, 3.63) is 101 Å². The van der Waals surface area contributed by atoms with Gasteiger partial charge in [-0.05, 0) is 30.7 Å². The molecule has 1 atom stereocenters. The first-order valence-corrected chi connectivity index (χ1v) is 13.2. The molecule has 0 bridgehead atoms. The first kappa shape index (κ1) is 26.0. The molecule has 3 aromatic carbocycles. The molecule has 1 N–H and O–H groups in total. The third-order valence-electron chi connectivity index (χ3n) is 6.11. The van der Waals surface area contributed by atoms with Crippen molar-refractivity contribution in [1.82, 2.24) is 14.5 Å². The number of fused-ring (bicyclic) bond motifs is 1. The highest BCUT2D eigenvalue weighted by Gasteiger charge is 2.43. The van der Waals surface area contributed by atoms with Gasteiger partial charge < -0.3 is 10.2 Å². The van der Waals surface area contributed by atoms with Gasteiger partial charge in [0.25, 0.3) is 15.9 Å². The average molecular weight is 524 g/mol. The van der Waals surface area contributed by atoms with Gasteiger partial charge in [-0.1, -0.05) is 60.7 Å². The summed E-state index contributed by atoms with van der Waals surface area (Å²) < 4.78 is 41.2. The van der Waals surface area contributed by atoms with Crippen molar-refractivity contribution in [2.24, 2.45) is 0 Å². The normalized spacial score (nSPS) is 14.6. The molecule has 1 aliphatic rings. The molecule has 0 aliphatic carbocycles. The van der Waals surface area contributed by atoms with Crippen LogP contribution in [0.1, 0.15) is 28.4 Å². The number of rotatable bonds is 9. The number of nitrogens with zero attached hydrogens (tertiary/aromatic N) is 2. The molecule has 0 aromatic heterocycles. The second kappa shape index (κ2) is 10.9. The molecule has 0 unspecified atom stereocenters. The SMILES string of the molecule is CCNC(=O)[C@@H](Cc1ccccc1)N(Cc1ccccc1F)C(=O)CN1C(=O)c2ccccc2S1(=O)=O. The number of carbonyl (C=O) groups is 3. The van der Waals surface area contributed by atoms with Crippen molar-refractivity contribution in [3.8, 4) is 0 Å². The van der Waals surface area contributed by atoms with Crippen molar-refractivity contribution in [2.45, 2.75) is 30.8 Å². The predicted octanol–water partition coefficient (Wildman–Crippen LogP) is 2.75. The molecule has 3 aromatic rings. The van der Waals surface area contributed by atoms with Crippen molar-refractivity contribution < 1.29 is 27.2 Å². The first-order valence-electron chi connectivity index (χ1n) is 11.7. The van der Waals surface area contributed by atoms with Gasteiger partial charge in [0, 0.05) is 25.1 Å². The minimum atomic E-state index is -4.26. The maximum Gasteiger partial charge on any atom is 0.269 e. The summed E-state index contributed by atoms with van der Waals surface area (Å²) in [5.74, 6) is -2.69. The number of nitrogens with one attached hydrogen (secondary N) is 1. The maximum atomic E-state index is 14.6. The Labute approximate surface area is 214 Å². The Morgan fingerprint density at radius 1 is 0.973 bits per heavy atom.